The number of hydrogen-bond donors (Lipinski definition) is 6. The van der Waals surface area contributed by atoms with Gasteiger partial charge in [-0.3, -0.25) is 19.2 Å². The number of phenols is 2. The maximum absolute atomic E-state index is 12.1. The van der Waals surface area contributed by atoms with Gasteiger partial charge in [0.25, 0.3) is 0 Å². The Kier molecular flexibility index (Phi) is 16.4. The summed E-state index contributed by atoms with van der Waals surface area (Å²) in [7, 11) is 0. The van der Waals surface area contributed by atoms with Crippen molar-refractivity contribution in [2.75, 3.05) is 0 Å². The van der Waals surface area contributed by atoms with E-state index in [0.29, 0.717) is 11.1 Å². The number of hydrogen-bond acceptors (Lipinski definition) is 12. The fourth-order valence-corrected chi connectivity index (χ4v) is 3.81. The van der Waals surface area contributed by atoms with Crippen molar-refractivity contribution in [3.8, 4) is 23.0 Å². The van der Waals surface area contributed by atoms with Gasteiger partial charge in [-0.05, 0) is 76.9 Å². The summed E-state index contributed by atoms with van der Waals surface area (Å²) in [6.45, 7) is 16.9. The first kappa shape index (κ1) is 44.5. The first-order valence-electron chi connectivity index (χ1n) is 16.4. The molecule has 2 aromatic rings. The fourth-order valence-electron chi connectivity index (χ4n) is 3.81. The lowest BCUT2D eigenvalue weighted by atomic mass is 10.0. The van der Waals surface area contributed by atoms with Gasteiger partial charge in [-0.15, -0.1) is 0 Å². The Hall–Kier alpha value is -5.54. The highest BCUT2D eigenvalue weighted by molar-refractivity contribution is 5.85. The number of esters is 2. The van der Waals surface area contributed by atoms with E-state index in [-0.39, 0.29) is 41.8 Å². The summed E-state index contributed by atoms with van der Waals surface area (Å²) < 4.78 is 20.9. The van der Waals surface area contributed by atoms with Crippen LogP contribution in [0.2, 0.25) is 0 Å². The number of phenolic OH excluding ortho intramolecular Hbond substituents is 2. The summed E-state index contributed by atoms with van der Waals surface area (Å²) in [6.07, 6.45) is -1.46. The minimum atomic E-state index is -1.06. The van der Waals surface area contributed by atoms with Crippen LogP contribution in [0.15, 0.2) is 36.4 Å². The number of amides is 4. The summed E-state index contributed by atoms with van der Waals surface area (Å²) in [5.41, 5.74) is 10.3. The van der Waals surface area contributed by atoms with Crippen molar-refractivity contribution in [1.29, 1.82) is 0 Å². The first-order chi connectivity index (χ1) is 23.8. The van der Waals surface area contributed by atoms with Crippen LogP contribution >= 0.6 is 0 Å². The number of aromatic hydroxyl groups is 2. The number of ether oxygens (including phenoxy) is 4. The topological polar surface area (TPSA) is 256 Å². The van der Waals surface area contributed by atoms with Crippen molar-refractivity contribution in [2.45, 2.75) is 105 Å². The Morgan fingerprint density at radius 1 is 0.615 bits per heavy atom. The van der Waals surface area contributed by atoms with Crippen LogP contribution in [0.3, 0.4) is 0 Å². The van der Waals surface area contributed by atoms with E-state index in [1.54, 1.807) is 75.3 Å². The zero-order valence-electron chi connectivity index (χ0n) is 31.3. The molecule has 16 heteroatoms. The van der Waals surface area contributed by atoms with E-state index in [4.69, 9.17) is 30.4 Å². The quantitative estimate of drug-likeness (QED) is 0.104. The van der Waals surface area contributed by atoms with Crippen LogP contribution in [0.25, 0.3) is 0 Å². The summed E-state index contributed by atoms with van der Waals surface area (Å²) in [5, 5.41) is 23.4. The summed E-state index contributed by atoms with van der Waals surface area (Å²) >= 11 is 0. The second-order valence-electron chi connectivity index (χ2n) is 14.4. The molecule has 0 unspecified atom stereocenters. The van der Waals surface area contributed by atoms with Gasteiger partial charge in [-0.25, -0.2) is 9.59 Å². The zero-order valence-corrected chi connectivity index (χ0v) is 31.3. The van der Waals surface area contributed by atoms with Gasteiger partial charge in [-0.1, -0.05) is 39.8 Å². The third kappa shape index (κ3) is 16.9. The van der Waals surface area contributed by atoms with E-state index in [2.05, 4.69) is 10.6 Å². The molecule has 0 aliphatic rings. The summed E-state index contributed by atoms with van der Waals surface area (Å²) in [4.78, 5) is 71.0. The lowest BCUT2D eigenvalue weighted by Gasteiger charge is -2.22. The molecule has 0 heterocycles. The minimum Gasteiger partial charge on any atom is -0.504 e. The van der Waals surface area contributed by atoms with E-state index in [9.17, 15) is 39.0 Å². The molecule has 0 fully saturated rings. The van der Waals surface area contributed by atoms with E-state index in [1.165, 1.54) is 30.3 Å². The molecule has 2 aromatic carbocycles. The van der Waals surface area contributed by atoms with Crippen LogP contribution in [-0.4, -0.2) is 69.4 Å². The van der Waals surface area contributed by atoms with Crippen molar-refractivity contribution in [1.82, 2.24) is 10.6 Å². The van der Waals surface area contributed by atoms with Gasteiger partial charge >= 0.3 is 24.1 Å². The standard InChI is InChI=1S/C22H32N2O7.C14H20N2O5/c1-12(2)19(26)29-16-9-8-14(11-17(16)30-20(27)13(3)4)10-15(18(23)25)24-21(28)31-22(5,6)7;1-14(2,3)21-13(20)16-9(12(15)19)6-8-4-5-10(17)11(18)7-8/h8-9,11-13,15H,10H2,1-7H3,(H2,23,25)(H,24,28);4-5,7,9,17-18H,6H2,1-3H3,(H2,15,19)(H,16,20)/t15-;9-/m00/s1. The summed E-state index contributed by atoms with van der Waals surface area (Å²) in [5.74, 6) is -3.76. The second-order valence-corrected chi connectivity index (χ2v) is 14.4. The molecule has 8 N–H and O–H groups in total. The van der Waals surface area contributed by atoms with Crippen molar-refractivity contribution in [3.05, 3.63) is 47.5 Å². The van der Waals surface area contributed by atoms with Crippen LogP contribution in [0.1, 0.15) is 80.4 Å². The molecule has 0 radical (unpaired) electrons. The average molecular weight is 733 g/mol. The molecule has 288 valence electrons. The van der Waals surface area contributed by atoms with Crippen molar-refractivity contribution in [3.63, 3.8) is 0 Å². The lowest BCUT2D eigenvalue weighted by molar-refractivity contribution is -0.140. The number of primary amides is 2. The maximum atomic E-state index is 12.1. The van der Waals surface area contributed by atoms with Crippen LogP contribution in [0.5, 0.6) is 23.0 Å². The molecule has 16 nitrogen and oxygen atoms in total. The molecule has 0 aliphatic heterocycles. The van der Waals surface area contributed by atoms with E-state index in [1.807, 2.05) is 0 Å². The van der Waals surface area contributed by atoms with Crippen LogP contribution < -0.4 is 31.6 Å². The monoisotopic (exact) mass is 732 g/mol. The lowest BCUT2D eigenvalue weighted by Crippen LogP contribution is -2.47. The van der Waals surface area contributed by atoms with Gasteiger partial charge in [0, 0.05) is 12.8 Å². The molecule has 52 heavy (non-hydrogen) atoms. The second kappa shape index (κ2) is 19.2. The van der Waals surface area contributed by atoms with Crippen LogP contribution in [0.4, 0.5) is 9.59 Å². The van der Waals surface area contributed by atoms with Crippen molar-refractivity contribution < 1.29 is 57.9 Å². The largest absolute Gasteiger partial charge is 0.504 e. The number of carbonyl (C=O) groups excluding carboxylic acids is 6. The van der Waals surface area contributed by atoms with Gasteiger partial charge in [0.1, 0.15) is 23.3 Å². The van der Waals surface area contributed by atoms with E-state index >= 15 is 0 Å². The molecule has 0 aliphatic carbocycles. The molecule has 0 saturated heterocycles. The molecule has 2 rings (SSSR count). The van der Waals surface area contributed by atoms with E-state index < -0.39 is 65.1 Å². The molecule has 4 amide bonds. The maximum Gasteiger partial charge on any atom is 0.408 e. The van der Waals surface area contributed by atoms with Gasteiger partial charge in [0.2, 0.25) is 11.8 Å². The zero-order chi connectivity index (χ0) is 40.1. The molecule has 0 saturated carbocycles. The predicted octanol–water partition coefficient (Wildman–Crippen LogP) is 3.75. The molecule has 2 atom stereocenters. The highest BCUT2D eigenvalue weighted by Gasteiger charge is 2.26. The Labute approximate surface area is 303 Å². The molecule has 0 aromatic heterocycles. The third-order valence-electron chi connectivity index (χ3n) is 6.36. The summed E-state index contributed by atoms with van der Waals surface area (Å²) in [6, 6.07) is 6.57. The Bertz CT molecular complexity index is 1590. The molecule has 0 bridgehead atoms. The fraction of sp³-hybridized carbons (Fsp3) is 0.500. The van der Waals surface area contributed by atoms with Gasteiger partial charge in [0.15, 0.2) is 23.0 Å². The number of rotatable bonds is 12. The molecule has 0 spiro atoms. The van der Waals surface area contributed by atoms with Crippen molar-refractivity contribution in [2.24, 2.45) is 23.3 Å². The Morgan fingerprint density at radius 3 is 1.37 bits per heavy atom. The normalized spacial score (nSPS) is 12.4. The van der Waals surface area contributed by atoms with Crippen LogP contribution in [-0.2, 0) is 41.5 Å². The minimum absolute atomic E-state index is 0.0131. The van der Waals surface area contributed by atoms with Gasteiger partial charge in [-0.2, -0.15) is 0 Å². The number of nitrogens with one attached hydrogen (secondary N) is 2. The average Bonchev–Trinajstić information content (AvgIpc) is 2.97. The number of benzene rings is 2. The Balaban J connectivity index is 0.000000560. The predicted molar refractivity (Wildman–Crippen MR) is 189 cm³/mol. The van der Waals surface area contributed by atoms with E-state index in [0.717, 1.165) is 0 Å². The van der Waals surface area contributed by atoms with Crippen LogP contribution in [0, 0.1) is 11.8 Å². The highest BCUT2D eigenvalue weighted by atomic mass is 16.6. The third-order valence-corrected chi connectivity index (χ3v) is 6.36. The number of nitrogens with two attached hydrogens (primary N) is 2. The highest BCUT2D eigenvalue weighted by Crippen LogP contribution is 2.31. The number of alkyl carbamates (subject to hydrolysis) is 2. The first-order valence-corrected chi connectivity index (χ1v) is 16.4. The van der Waals surface area contributed by atoms with Gasteiger partial charge in [0.05, 0.1) is 11.8 Å². The van der Waals surface area contributed by atoms with Crippen molar-refractivity contribution >= 4 is 35.9 Å². The van der Waals surface area contributed by atoms with Gasteiger partial charge < -0.3 is 51.3 Å². The Morgan fingerprint density at radius 2 is 1.00 bits per heavy atom. The SMILES string of the molecule is CC(C)(C)OC(=O)N[C@@H](Cc1ccc(O)c(O)c1)C(N)=O.CC(C)C(=O)Oc1ccc(C[C@H](NC(=O)OC(C)(C)C)C(N)=O)cc1OC(=O)C(C)C. The molecular weight excluding hydrogens is 680 g/mol. The molecular formula is C36H52N4O12. The number of carbonyl (C=O) groups is 6. The smallest absolute Gasteiger partial charge is 0.408 e.